The summed E-state index contributed by atoms with van der Waals surface area (Å²) >= 11 is 17.9. The van der Waals surface area contributed by atoms with Crippen LogP contribution in [0.5, 0.6) is 0 Å². The quantitative estimate of drug-likeness (QED) is 0.172. The molecule has 0 amide bonds. The molecule has 0 fully saturated rings. The van der Waals surface area contributed by atoms with E-state index in [0.29, 0.717) is 8.43 Å². The van der Waals surface area contributed by atoms with Gasteiger partial charge in [-0.2, -0.15) is 0 Å². The van der Waals surface area contributed by atoms with E-state index in [4.69, 9.17) is 0 Å². The molecule has 0 nitrogen and oxygen atoms in total. The Morgan fingerprint density at radius 2 is 1.30 bits per heavy atom. The van der Waals surface area contributed by atoms with Crippen LogP contribution in [0.2, 0.25) is 0 Å². The Morgan fingerprint density at radius 1 is 1.00 bits per heavy atom. The average molecular weight is 186 g/mol. The minimum Gasteiger partial charge on any atom is -0.807 e. The van der Waals surface area contributed by atoms with Crippen LogP contribution in [-0.4, -0.2) is 4.20 Å². The van der Waals surface area contributed by atoms with Gasteiger partial charge in [-0.1, -0.05) is 0 Å². The molecule has 0 atom stereocenters. The summed E-state index contributed by atoms with van der Waals surface area (Å²) in [6.07, 6.45) is 1.43. The summed E-state index contributed by atoms with van der Waals surface area (Å²) < 4.78 is 0.667. The number of thiocarbonyl (C=S) groups is 1. The van der Waals surface area contributed by atoms with Crippen LogP contribution in [0.1, 0.15) is 0 Å². The van der Waals surface area contributed by atoms with Crippen LogP contribution in [0.4, 0.5) is 0 Å². The van der Waals surface area contributed by atoms with Crippen LogP contribution in [-0.2, 0) is 37.9 Å². The Labute approximate surface area is 119 Å². The van der Waals surface area contributed by atoms with Crippen molar-refractivity contribution in [2.24, 2.45) is 0 Å². The molecule has 0 aromatic carbocycles. The average Bonchev–Trinajstić information content (AvgIpc) is 1.27. The summed E-state index contributed by atoms with van der Waals surface area (Å²) in [6.45, 7) is 0. The second kappa shape index (κ2) is 13.8. The summed E-state index contributed by atoms with van der Waals surface area (Å²) in [6, 6.07) is 0. The molecule has 0 unspecified atom stereocenters. The standard InChI is InChI=1S/C3H4S4.3Li/c4-2(5)1-3(6)7;;;/h1,4-5H,(H,6,7);;;/q;3*+1/p-3. The monoisotopic (exact) mass is 186 g/mol. The predicted molar refractivity (Wildman–Crippen MR) is 42.8 cm³/mol. The molecule has 0 spiro atoms. The normalized spacial score (nSPS) is 5.20. The Morgan fingerprint density at radius 3 is 1.30 bits per heavy atom. The molecule has 0 aliphatic rings. The van der Waals surface area contributed by atoms with E-state index in [0.717, 1.165) is 0 Å². The van der Waals surface area contributed by atoms with Crippen LogP contribution in [0, 0.1) is 0 Å². The van der Waals surface area contributed by atoms with Crippen molar-refractivity contribution in [1.29, 1.82) is 0 Å². The van der Waals surface area contributed by atoms with Crippen molar-refractivity contribution in [3.8, 4) is 0 Å². The van der Waals surface area contributed by atoms with Gasteiger partial charge in [0.15, 0.2) is 0 Å². The maximum absolute atomic E-state index is 4.48. The first-order valence-corrected chi connectivity index (χ1v) is 3.03. The molecule has 0 bridgehead atoms. The smallest absolute Gasteiger partial charge is 0.807 e. The molecule has 7 heteroatoms. The Hall–Kier alpha value is 2.28. The van der Waals surface area contributed by atoms with Crippen LogP contribution in [0.3, 0.4) is 0 Å². The zero-order valence-corrected chi connectivity index (χ0v) is 9.48. The molecular formula is C3HLi3S4. The molecule has 0 aromatic rings. The largest absolute Gasteiger partial charge is 1.00 e. The minimum absolute atomic E-state index is 0. The Balaban J connectivity index is -0.0000000600. The fourth-order valence-corrected chi connectivity index (χ4v) is 0.866. The molecule has 0 saturated heterocycles. The Kier molecular flexibility index (Phi) is 31.6. The summed E-state index contributed by atoms with van der Waals surface area (Å²) in [5.74, 6) is 0. The van der Waals surface area contributed by atoms with Gasteiger partial charge in [0.1, 0.15) is 0 Å². The van der Waals surface area contributed by atoms with Crippen molar-refractivity contribution in [2.45, 2.75) is 0 Å². The molecule has 0 aromatic heterocycles. The Bertz CT molecular complexity index is 108. The van der Waals surface area contributed by atoms with Gasteiger partial charge >= 0.3 is 56.6 Å². The molecule has 40 valence electrons. The van der Waals surface area contributed by atoms with Gasteiger partial charge < -0.3 is 54.3 Å². The third-order valence-corrected chi connectivity index (χ3v) is 0.707. The van der Waals surface area contributed by atoms with Gasteiger partial charge in [-0.05, 0) is 0 Å². The molecule has 0 heterocycles. The molecule has 0 aliphatic heterocycles. The van der Waals surface area contributed by atoms with E-state index >= 15 is 0 Å². The molecular weight excluding hydrogens is 185 g/mol. The fraction of sp³-hybridized carbons (Fsp3) is 0. The van der Waals surface area contributed by atoms with Crippen LogP contribution >= 0.6 is 12.2 Å². The summed E-state index contributed by atoms with van der Waals surface area (Å²) in [5, 5.41) is 0. The van der Waals surface area contributed by atoms with E-state index in [9.17, 15) is 0 Å². The van der Waals surface area contributed by atoms with E-state index in [1.165, 1.54) is 6.08 Å². The predicted octanol–water partition coefficient (Wildman–Crippen LogP) is -8.19. The van der Waals surface area contributed by atoms with Crippen LogP contribution in [0.15, 0.2) is 10.3 Å². The fourth-order valence-electron chi connectivity index (χ4n) is 0.0962. The molecule has 0 radical (unpaired) electrons. The third-order valence-electron chi connectivity index (χ3n) is 0.236. The molecule has 0 N–H and O–H groups in total. The summed E-state index contributed by atoms with van der Waals surface area (Å²) in [7, 11) is 0. The minimum atomic E-state index is 0. The van der Waals surface area contributed by atoms with Gasteiger partial charge in [-0.15, -0.1) is 10.3 Å². The first-order chi connectivity index (χ1) is 3.13. The zero-order valence-electron chi connectivity index (χ0n) is 6.21. The maximum atomic E-state index is 4.48. The second-order valence-electron chi connectivity index (χ2n) is 0.782. The van der Waals surface area contributed by atoms with Crippen molar-refractivity contribution < 1.29 is 56.6 Å². The van der Waals surface area contributed by atoms with Gasteiger partial charge in [0, 0.05) is 0 Å². The second-order valence-corrected chi connectivity index (χ2v) is 3.06. The first kappa shape index (κ1) is 22.8. The summed E-state index contributed by atoms with van der Waals surface area (Å²) in [4.78, 5) is 0. The number of hydrogen-bond acceptors (Lipinski definition) is 4. The molecule has 0 rings (SSSR count). The van der Waals surface area contributed by atoms with Gasteiger partial charge in [0.05, 0.1) is 0 Å². The first-order valence-electron chi connectivity index (χ1n) is 1.39. The number of rotatable bonds is 1. The molecule has 10 heavy (non-hydrogen) atoms. The summed E-state index contributed by atoms with van der Waals surface area (Å²) in [5.41, 5.74) is 0. The van der Waals surface area contributed by atoms with Gasteiger partial charge in [0.25, 0.3) is 0 Å². The maximum Gasteiger partial charge on any atom is 1.00 e. The van der Waals surface area contributed by atoms with Crippen molar-refractivity contribution in [3.05, 3.63) is 10.3 Å². The van der Waals surface area contributed by atoms with E-state index in [1.54, 1.807) is 0 Å². The van der Waals surface area contributed by atoms with E-state index in [-0.39, 0.29) is 56.6 Å². The third kappa shape index (κ3) is 22.4. The van der Waals surface area contributed by atoms with Gasteiger partial charge in [-0.3, -0.25) is 0 Å². The van der Waals surface area contributed by atoms with Gasteiger partial charge in [-0.25, -0.2) is 0 Å². The van der Waals surface area contributed by atoms with Crippen molar-refractivity contribution >= 4 is 54.3 Å². The topological polar surface area (TPSA) is 0 Å². The molecule has 0 saturated carbocycles. The van der Waals surface area contributed by atoms with Crippen molar-refractivity contribution in [2.75, 3.05) is 0 Å². The van der Waals surface area contributed by atoms with E-state index in [1.807, 2.05) is 0 Å². The molecule has 0 aliphatic carbocycles. The van der Waals surface area contributed by atoms with E-state index < -0.39 is 0 Å². The van der Waals surface area contributed by atoms with Crippen molar-refractivity contribution in [1.82, 2.24) is 0 Å². The van der Waals surface area contributed by atoms with Gasteiger partial charge in [0.2, 0.25) is 0 Å². The van der Waals surface area contributed by atoms with Crippen LogP contribution in [0.25, 0.3) is 0 Å². The van der Waals surface area contributed by atoms with Crippen molar-refractivity contribution in [3.63, 3.8) is 0 Å². The van der Waals surface area contributed by atoms with Crippen LogP contribution < -0.4 is 56.6 Å². The zero-order chi connectivity index (χ0) is 5.86. The number of hydrogen-bond donors (Lipinski definition) is 0. The SMILES string of the molecule is S=C([S-])C=C([S-])[S-].[Li+].[Li+].[Li+]. The van der Waals surface area contributed by atoms with E-state index in [2.05, 4.69) is 50.1 Å².